The van der Waals surface area contributed by atoms with Gasteiger partial charge < -0.3 is 5.32 Å². The molecule has 1 aromatic heterocycles. The summed E-state index contributed by atoms with van der Waals surface area (Å²) in [5.74, 6) is 0.730. The second-order valence-corrected chi connectivity index (χ2v) is 6.39. The number of rotatable bonds is 7. The number of hydrogen-bond donors (Lipinski definition) is 1. The summed E-state index contributed by atoms with van der Waals surface area (Å²) in [7, 11) is 0. The molecule has 0 saturated heterocycles. The molecule has 0 radical (unpaired) electrons. The topological polar surface area (TPSA) is 48.7 Å². The Morgan fingerprint density at radius 2 is 2.00 bits per heavy atom. The van der Waals surface area contributed by atoms with Gasteiger partial charge in [0.2, 0.25) is 0 Å². The number of aromatic nitrogens is 1. The molecule has 1 N–H and O–H groups in total. The highest BCUT2D eigenvalue weighted by Gasteiger charge is 2.18. The van der Waals surface area contributed by atoms with E-state index in [-0.39, 0.29) is 5.41 Å². The van der Waals surface area contributed by atoms with Crippen molar-refractivity contribution in [2.45, 2.75) is 60.3 Å². The lowest BCUT2D eigenvalue weighted by molar-refractivity contribution is 0.342. The molecule has 0 amide bonds. The average Bonchev–Trinajstić information content (AvgIpc) is 2.36. The van der Waals surface area contributed by atoms with Gasteiger partial charge in [-0.1, -0.05) is 40.0 Å². The third kappa shape index (κ3) is 4.85. The summed E-state index contributed by atoms with van der Waals surface area (Å²) in [6.07, 6.45) is 4.99. The number of aryl methyl sites for hydroxylation is 2. The number of hydrogen-bond acceptors (Lipinski definition) is 3. The maximum atomic E-state index is 9.26. The van der Waals surface area contributed by atoms with Crippen LogP contribution in [0.2, 0.25) is 0 Å². The molecule has 0 aliphatic rings. The van der Waals surface area contributed by atoms with Crippen molar-refractivity contribution >= 4 is 5.82 Å². The smallest absolute Gasteiger partial charge is 0.144 e. The molecule has 1 heterocycles. The normalized spacial score (nSPS) is 11.2. The van der Waals surface area contributed by atoms with Gasteiger partial charge in [0.15, 0.2) is 0 Å². The first kappa shape index (κ1) is 16.5. The second-order valence-electron chi connectivity index (χ2n) is 6.39. The van der Waals surface area contributed by atoms with Crippen LogP contribution in [0.15, 0.2) is 6.07 Å². The van der Waals surface area contributed by atoms with E-state index in [0.717, 1.165) is 23.6 Å². The van der Waals surface area contributed by atoms with Crippen LogP contribution in [0.4, 0.5) is 5.82 Å². The monoisotopic (exact) mass is 273 g/mol. The fraction of sp³-hybridized carbons (Fsp3) is 0.647. The lowest BCUT2D eigenvalue weighted by atomic mass is 9.87. The number of nitriles is 1. The number of nitrogens with one attached hydrogen (secondary N) is 1. The maximum absolute atomic E-state index is 9.26. The third-order valence-electron chi connectivity index (χ3n) is 3.65. The van der Waals surface area contributed by atoms with E-state index in [1.54, 1.807) is 0 Å². The highest BCUT2D eigenvalue weighted by atomic mass is 15.0. The van der Waals surface area contributed by atoms with Crippen LogP contribution in [0.25, 0.3) is 0 Å². The molecule has 0 spiro atoms. The largest absolute Gasteiger partial charge is 0.368 e. The van der Waals surface area contributed by atoms with E-state index in [0.29, 0.717) is 5.56 Å². The Hall–Kier alpha value is -1.56. The summed E-state index contributed by atoms with van der Waals surface area (Å²) in [4.78, 5) is 4.47. The summed E-state index contributed by atoms with van der Waals surface area (Å²) in [6.45, 7) is 11.5. The first-order chi connectivity index (χ1) is 9.39. The van der Waals surface area contributed by atoms with Crippen molar-refractivity contribution < 1.29 is 0 Å². The Balaban J connectivity index is 2.72. The fourth-order valence-corrected chi connectivity index (χ4v) is 2.37. The second kappa shape index (κ2) is 7.28. The van der Waals surface area contributed by atoms with Gasteiger partial charge in [-0.25, -0.2) is 4.98 Å². The van der Waals surface area contributed by atoms with Gasteiger partial charge in [0.25, 0.3) is 0 Å². The number of nitrogens with zero attached hydrogens (tertiary/aromatic N) is 2. The molecule has 0 aliphatic heterocycles. The summed E-state index contributed by atoms with van der Waals surface area (Å²) >= 11 is 0. The summed E-state index contributed by atoms with van der Waals surface area (Å²) in [5, 5.41) is 12.6. The van der Waals surface area contributed by atoms with Gasteiger partial charge >= 0.3 is 0 Å². The zero-order valence-corrected chi connectivity index (χ0v) is 13.5. The number of anilines is 1. The number of unbranched alkanes of at least 4 members (excludes halogenated alkanes) is 2. The van der Waals surface area contributed by atoms with Crippen molar-refractivity contribution in [3.8, 4) is 6.07 Å². The lowest BCUT2D eigenvalue weighted by Crippen LogP contribution is -2.24. The molecule has 1 aromatic rings. The van der Waals surface area contributed by atoms with Gasteiger partial charge in [-0.05, 0) is 37.3 Å². The van der Waals surface area contributed by atoms with Gasteiger partial charge in [0.05, 0.1) is 5.56 Å². The molecule has 0 aromatic carbocycles. The highest BCUT2D eigenvalue weighted by Crippen LogP contribution is 2.25. The van der Waals surface area contributed by atoms with Crippen molar-refractivity contribution in [2.75, 3.05) is 11.9 Å². The van der Waals surface area contributed by atoms with Gasteiger partial charge in [-0.15, -0.1) is 0 Å². The molecule has 1 rings (SSSR count). The Morgan fingerprint density at radius 1 is 1.30 bits per heavy atom. The van der Waals surface area contributed by atoms with E-state index in [1.807, 2.05) is 19.9 Å². The zero-order chi connectivity index (χ0) is 15.2. The van der Waals surface area contributed by atoms with Crippen LogP contribution < -0.4 is 5.32 Å². The van der Waals surface area contributed by atoms with E-state index in [4.69, 9.17) is 0 Å². The van der Waals surface area contributed by atoms with Crippen LogP contribution in [-0.4, -0.2) is 11.5 Å². The molecule has 0 aliphatic carbocycles. The van der Waals surface area contributed by atoms with Gasteiger partial charge in [0.1, 0.15) is 11.9 Å². The molecule has 20 heavy (non-hydrogen) atoms. The van der Waals surface area contributed by atoms with Crippen molar-refractivity contribution in [2.24, 2.45) is 5.41 Å². The Bertz CT molecular complexity index is 484. The molecular weight excluding hydrogens is 246 g/mol. The molecule has 0 atom stereocenters. The minimum absolute atomic E-state index is 0.223. The van der Waals surface area contributed by atoms with Crippen LogP contribution in [0.3, 0.4) is 0 Å². The minimum Gasteiger partial charge on any atom is -0.368 e. The molecule has 0 fully saturated rings. The van der Waals surface area contributed by atoms with Gasteiger partial charge in [-0.3, -0.25) is 0 Å². The fourth-order valence-electron chi connectivity index (χ4n) is 2.37. The number of pyridine rings is 1. The molecule has 3 nitrogen and oxygen atoms in total. The third-order valence-corrected chi connectivity index (χ3v) is 3.65. The molecule has 0 bridgehead atoms. The van der Waals surface area contributed by atoms with Crippen molar-refractivity contribution in [1.29, 1.82) is 5.26 Å². The van der Waals surface area contributed by atoms with Crippen LogP contribution >= 0.6 is 0 Å². The Labute approximate surface area is 123 Å². The lowest BCUT2D eigenvalue weighted by Gasteiger charge is -2.25. The Morgan fingerprint density at radius 3 is 2.60 bits per heavy atom. The SMILES string of the molecule is CCCCCC(C)(C)CNc1nc(C)cc(C)c1C#N. The van der Waals surface area contributed by atoms with E-state index < -0.39 is 0 Å². The van der Waals surface area contributed by atoms with Gasteiger partial charge in [0, 0.05) is 12.2 Å². The first-order valence-corrected chi connectivity index (χ1v) is 7.52. The van der Waals surface area contributed by atoms with Crippen LogP contribution in [0, 0.1) is 30.6 Å². The zero-order valence-electron chi connectivity index (χ0n) is 13.5. The first-order valence-electron chi connectivity index (χ1n) is 7.52. The quantitative estimate of drug-likeness (QED) is 0.739. The summed E-state index contributed by atoms with van der Waals surface area (Å²) in [6, 6.07) is 4.21. The molecule has 3 heteroatoms. The van der Waals surface area contributed by atoms with Gasteiger partial charge in [-0.2, -0.15) is 5.26 Å². The van der Waals surface area contributed by atoms with Crippen LogP contribution in [0.1, 0.15) is 63.3 Å². The molecule has 0 unspecified atom stereocenters. The van der Waals surface area contributed by atoms with E-state index in [1.165, 1.54) is 25.7 Å². The highest BCUT2D eigenvalue weighted by molar-refractivity contribution is 5.56. The van der Waals surface area contributed by atoms with E-state index in [9.17, 15) is 5.26 Å². The average molecular weight is 273 g/mol. The van der Waals surface area contributed by atoms with Crippen molar-refractivity contribution in [3.63, 3.8) is 0 Å². The summed E-state index contributed by atoms with van der Waals surface area (Å²) < 4.78 is 0. The van der Waals surface area contributed by atoms with Crippen molar-refractivity contribution in [1.82, 2.24) is 4.98 Å². The summed E-state index contributed by atoms with van der Waals surface area (Å²) in [5.41, 5.74) is 2.83. The minimum atomic E-state index is 0.223. The molecular formula is C17H27N3. The predicted molar refractivity (Wildman–Crippen MR) is 84.8 cm³/mol. The maximum Gasteiger partial charge on any atom is 0.144 e. The van der Waals surface area contributed by atoms with Crippen LogP contribution in [0.5, 0.6) is 0 Å². The van der Waals surface area contributed by atoms with Crippen molar-refractivity contribution in [3.05, 3.63) is 22.9 Å². The predicted octanol–water partition coefficient (Wildman–Crippen LogP) is 4.59. The molecule has 0 saturated carbocycles. The van der Waals surface area contributed by atoms with Crippen LogP contribution in [-0.2, 0) is 0 Å². The van der Waals surface area contributed by atoms with E-state index in [2.05, 4.69) is 37.1 Å². The van der Waals surface area contributed by atoms with E-state index >= 15 is 0 Å². The standard InChI is InChI=1S/C17H27N3/c1-6-7-8-9-17(4,5)12-19-16-15(11-18)13(2)10-14(3)20-16/h10H,6-9,12H2,1-5H3,(H,19,20). The Kier molecular flexibility index (Phi) is 6.01. The molecule has 110 valence electrons.